The highest BCUT2D eigenvalue weighted by molar-refractivity contribution is 7.13. The Labute approximate surface area is 85.1 Å². The minimum absolute atomic E-state index is 0.654. The standard InChI is InChI=1S/C9H8N4S/c10-7-1-3-8(4-2-7)12-13-9-11-5-6-14-9/h1-6H,10H2. The molecule has 4 nitrogen and oxygen atoms in total. The summed E-state index contributed by atoms with van der Waals surface area (Å²) >= 11 is 1.45. The van der Waals surface area contributed by atoms with Crippen LogP contribution in [0.15, 0.2) is 46.1 Å². The van der Waals surface area contributed by atoms with Gasteiger partial charge in [0, 0.05) is 17.3 Å². The zero-order valence-corrected chi connectivity index (χ0v) is 8.11. The lowest BCUT2D eigenvalue weighted by Crippen LogP contribution is -1.80. The Kier molecular flexibility index (Phi) is 2.51. The number of thiazole rings is 1. The summed E-state index contributed by atoms with van der Waals surface area (Å²) in [5, 5.41) is 10.5. The van der Waals surface area contributed by atoms with Crippen molar-refractivity contribution in [2.75, 3.05) is 5.73 Å². The molecule has 1 aromatic carbocycles. The maximum Gasteiger partial charge on any atom is 0.229 e. The van der Waals surface area contributed by atoms with Crippen LogP contribution in [0.3, 0.4) is 0 Å². The molecule has 5 heteroatoms. The van der Waals surface area contributed by atoms with E-state index in [1.807, 2.05) is 17.5 Å². The van der Waals surface area contributed by atoms with E-state index in [4.69, 9.17) is 5.73 Å². The van der Waals surface area contributed by atoms with E-state index in [-0.39, 0.29) is 0 Å². The van der Waals surface area contributed by atoms with Crippen molar-refractivity contribution >= 4 is 27.8 Å². The number of anilines is 1. The SMILES string of the molecule is Nc1ccc(N=Nc2nccs2)cc1. The fraction of sp³-hybridized carbons (Fsp3) is 0. The fourth-order valence-corrected chi connectivity index (χ4v) is 1.36. The van der Waals surface area contributed by atoms with Gasteiger partial charge in [-0.2, -0.15) is 0 Å². The summed E-state index contributed by atoms with van der Waals surface area (Å²) in [5.41, 5.74) is 7.03. The first kappa shape index (κ1) is 8.83. The lowest BCUT2D eigenvalue weighted by molar-refractivity contribution is 1.20. The zero-order chi connectivity index (χ0) is 9.80. The number of nitrogens with two attached hydrogens (primary N) is 1. The Balaban J connectivity index is 2.15. The third-order valence-corrected chi connectivity index (χ3v) is 2.22. The van der Waals surface area contributed by atoms with Crippen molar-refractivity contribution in [2.45, 2.75) is 0 Å². The minimum Gasteiger partial charge on any atom is -0.399 e. The van der Waals surface area contributed by atoms with Crippen LogP contribution >= 0.6 is 11.3 Å². The second-order valence-corrected chi connectivity index (χ2v) is 3.48. The van der Waals surface area contributed by atoms with E-state index in [1.165, 1.54) is 11.3 Å². The molecule has 0 unspecified atom stereocenters. The number of nitrogen functional groups attached to an aromatic ring is 1. The Hall–Kier alpha value is -1.75. The van der Waals surface area contributed by atoms with Gasteiger partial charge in [-0.25, -0.2) is 4.98 Å². The largest absolute Gasteiger partial charge is 0.399 e. The Morgan fingerprint density at radius 3 is 2.57 bits per heavy atom. The van der Waals surface area contributed by atoms with Gasteiger partial charge in [0.05, 0.1) is 5.69 Å². The molecular formula is C9H8N4S. The average molecular weight is 204 g/mol. The van der Waals surface area contributed by atoms with Crippen LogP contribution in [-0.2, 0) is 0 Å². The molecule has 2 N–H and O–H groups in total. The van der Waals surface area contributed by atoms with Crippen LogP contribution in [0.5, 0.6) is 0 Å². The van der Waals surface area contributed by atoms with E-state index in [0.29, 0.717) is 5.13 Å². The van der Waals surface area contributed by atoms with Crippen LogP contribution in [0.25, 0.3) is 0 Å². The summed E-state index contributed by atoms with van der Waals surface area (Å²) in [6, 6.07) is 7.20. The summed E-state index contributed by atoms with van der Waals surface area (Å²) in [6.07, 6.45) is 1.70. The number of aromatic nitrogens is 1. The first-order valence-electron chi connectivity index (χ1n) is 4.01. The molecule has 0 aliphatic carbocycles. The number of benzene rings is 1. The molecule has 0 amide bonds. The van der Waals surface area contributed by atoms with Crippen LogP contribution < -0.4 is 5.73 Å². The first-order chi connectivity index (χ1) is 6.84. The Morgan fingerprint density at radius 2 is 1.93 bits per heavy atom. The van der Waals surface area contributed by atoms with E-state index >= 15 is 0 Å². The Bertz CT molecular complexity index is 419. The molecule has 1 heterocycles. The molecule has 2 rings (SSSR count). The van der Waals surface area contributed by atoms with E-state index in [2.05, 4.69) is 15.2 Å². The van der Waals surface area contributed by atoms with Gasteiger partial charge < -0.3 is 5.73 Å². The van der Waals surface area contributed by atoms with Crippen molar-refractivity contribution in [3.63, 3.8) is 0 Å². The highest BCUT2D eigenvalue weighted by Gasteiger charge is 1.91. The predicted octanol–water partition coefficient (Wildman–Crippen LogP) is 3.14. The van der Waals surface area contributed by atoms with Crippen molar-refractivity contribution in [2.24, 2.45) is 10.2 Å². The van der Waals surface area contributed by atoms with Crippen LogP contribution in [0.2, 0.25) is 0 Å². The number of rotatable bonds is 2. The molecule has 14 heavy (non-hydrogen) atoms. The molecule has 0 atom stereocenters. The van der Waals surface area contributed by atoms with Gasteiger partial charge in [0.1, 0.15) is 0 Å². The van der Waals surface area contributed by atoms with Gasteiger partial charge in [-0.3, -0.25) is 0 Å². The summed E-state index contributed by atoms with van der Waals surface area (Å²) in [4.78, 5) is 3.98. The van der Waals surface area contributed by atoms with Crippen molar-refractivity contribution in [3.05, 3.63) is 35.8 Å². The quantitative estimate of drug-likeness (QED) is 0.603. The number of azo groups is 1. The maximum absolute atomic E-state index is 5.53. The Morgan fingerprint density at radius 1 is 1.14 bits per heavy atom. The van der Waals surface area contributed by atoms with Gasteiger partial charge in [0.2, 0.25) is 5.13 Å². The van der Waals surface area contributed by atoms with E-state index < -0.39 is 0 Å². The average Bonchev–Trinajstić information content (AvgIpc) is 2.70. The molecule has 70 valence electrons. The molecule has 0 bridgehead atoms. The molecule has 0 radical (unpaired) electrons. The van der Waals surface area contributed by atoms with Crippen LogP contribution in [0.4, 0.5) is 16.5 Å². The van der Waals surface area contributed by atoms with E-state index in [9.17, 15) is 0 Å². The second-order valence-electron chi connectivity index (χ2n) is 2.61. The van der Waals surface area contributed by atoms with Gasteiger partial charge in [0.15, 0.2) is 0 Å². The van der Waals surface area contributed by atoms with Crippen LogP contribution in [-0.4, -0.2) is 4.98 Å². The highest BCUT2D eigenvalue weighted by atomic mass is 32.1. The third-order valence-electron chi connectivity index (χ3n) is 1.56. The molecular weight excluding hydrogens is 196 g/mol. The van der Waals surface area contributed by atoms with Gasteiger partial charge in [0.25, 0.3) is 0 Å². The molecule has 0 fully saturated rings. The fourth-order valence-electron chi connectivity index (χ4n) is 0.907. The number of nitrogens with zero attached hydrogens (tertiary/aromatic N) is 3. The number of hydrogen-bond acceptors (Lipinski definition) is 5. The summed E-state index contributed by atoms with van der Waals surface area (Å²) < 4.78 is 0. The van der Waals surface area contributed by atoms with Crippen molar-refractivity contribution in [3.8, 4) is 0 Å². The smallest absolute Gasteiger partial charge is 0.229 e. The van der Waals surface area contributed by atoms with E-state index in [0.717, 1.165) is 11.4 Å². The first-order valence-corrected chi connectivity index (χ1v) is 4.89. The van der Waals surface area contributed by atoms with Crippen molar-refractivity contribution in [1.29, 1.82) is 0 Å². The lowest BCUT2D eigenvalue weighted by Gasteiger charge is -1.92. The van der Waals surface area contributed by atoms with Gasteiger partial charge in [-0.15, -0.1) is 21.6 Å². The molecule has 0 saturated heterocycles. The van der Waals surface area contributed by atoms with E-state index in [1.54, 1.807) is 18.3 Å². The molecule has 2 aromatic rings. The van der Waals surface area contributed by atoms with Crippen LogP contribution in [0, 0.1) is 0 Å². The van der Waals surface area contributed by atoms with Crippen molar-refractivity contribution < 1.29 is 0 Å². The van der Waals surface area contributed by atoms with Gasteiger partial charge in [-0.1, -0.05) is 0 Å². The summed E-state index contributed by atoms with van der Waals surface area (Å²) in [7, 11) is 0. The van der Waals surface area contributed by atoms with Crippen molar-refractivity contribution in [1.82, 2.24) is 4.98 Å². The minimum atomic E-state index is 0.654. The normalized spacial score (nSPS) is 10.9. The lowest BCUT2D eigenvalue weighted by atomic mass is 10.3. The second kappa shape index (κ2) is 3.97. The number of hydrogen-bond donors (Lipinski definition) is 1. The molecule has 0 aliphatic heterocycles. The predicted molar refractivity (Wildman–Crippen MR) is 57.1 cm³/mol. The van der Waals surface area contributed by atoms with Gasteiger partial charge >= 0.3 is 0 Å². The molecule has 0 saturated carbocycles. The summed E-state index contributed by atoms with van der Waals surface area (Å²) in [6.45, 7) is 0. The van der Waals surface area contributed by atoms with Crippen LogP contribution in [0.1, 0.15) is 0 Å². The third kappa shape index (κ3) is 2.14. The maximum atomic E-state index is 5.53. The topological polar surface area (TPSA) is 63.6 Å². The highest BCUT2D eigenvalue weighted by Crippen LogP contribution is 2.20. The molecule has 1 aromatic heterocycles. The zero-order valence-electron chi connectivity index (χ0n) is 7.29. The molecule has 0 aliphatic rings. The molecule has 0 spiro atoms. The summed E-state index contributed by atoms with van der Waals surface area (Å²) in [5.74, 6) is 0. The van der Waals surface area contributed by atoms with Gasteiger partial charge in [-0.05, 0) is 24.3 Å². The monoisotopic (exact) mass is 204 g/mol.